The summed E-state index contributed by atoms with van der Waals surface area (Å²) in [6.07, 6.45) is 0. The molecule has 0 aliphatic carbocycles. The minimum absolute atomic E-state index is 0.0279. The molecule has 0 aliphatic rings. The minimum Gasteiger partial charge on any atom is -0.419 e. The number of nitrogens with zero attached hydrogens (tertiary/aromatic N) is 5. The fourth-order valence-electron chi connectivity index (χ4n) is 2.40. The molecule has 4 rings (SSSR count). The van der Waals surface area contributed by atoms with Crippen molar-refractivity contribution in [3.8, 4) is 22.9 Å². The minimum atomic E-state index is -0.741. The number of non-ortho nitro benzene ring substituents is 1. The Morgan fingerprint density at radius 3 is 2.29 bits per heavy atom. The van der Waals surface area contributed by atoms with Crippen LogP contribution < -0.4 is 5.76 Å². The molecule has 0 amide bonds. The number of hydrogen-bond acceptors (Lipinski definition) is 8. The van der Waals surface area contributed by atoms with Gasteiger partial charge in [-0.2, -0.15) is 4.68 Å². The van der Waals surface area contributed by atoms with E-state index in [4.69, 9.17) is 8.83 Å². The Bertz CT molecular complexity index is 1190. The first kappa shape index (κ1) is 17.3. The van der Waals surface area contributed by atoms with Gasteiger partial charge in [0.1, 0.15) is 12.4 Å². The summed E-state index contributed by atoms with van der Waals surface area (Å²) in [5.74, 6) is -0.903. The molecule has 11 heteroatoms. The zero-order valence-electron chi connectivity index (χ0n) is 14.0. The van der Waals surface area contributed by atoms with Crippen LogP contribution in [-0.4, -0.2) is 24.9 Å². The summed E-state index contributed by atoms with van der Waals surface area (Å²) in [4.78, 5) is 22.2. The highest BCUT2D eigenvalue weighted by atomic mass is 19.1. The third-order valence-electron chi connectivity index (χ3n) is 3.77. The largest absolute Gasteiger partial charge is 0.437 e. The molecular formula is C17H10FN5O5. The second kappa shape index (κ2) is 6.87. The lowest BCUT2D eigenvalue weighted by Crippen LogP contribution is -2.16. The van der Waals surface area contributed by atoms with Gasteiger partial charge in [0.15, 0.2) is 0 Å². The monoisotopic (exact) mass is 383 g/mol. The molecule has 28 heavy (non-hydrogen) atoms. The summed E-state index contributed by atoms with van der Waals surface area (Å²) in [5.41, 5.74) is 0.865. The Balaban J connectivity index is 1.55. The van der Waals surface area contributed by atoms with Gasteiger partial charge in [-0.3, -0.25) is 10.1 Å². The smallest absolute Gasteiger partial charge is 0.419 e. The zero-order chi connectivity index (χ0) is 19.7. The summed E-state index contributed by atoms with van der Waals surface area (Å²) in [6.45, 7) is -0.135. The first-order valence-corrected chi connectivity index (χ1v) is 7.91. The lowest BCUT2D eigenvalue weighted by atomic mass is 10.2. The van der Waals surface area contributed by atoms with Gasteiger partial charge in [0.25, 0.3) is 5.69 Å². The fraction of sp³-hybridized carbons (Fsp3) is 0.0588. The summed E-state index contributed by atoms with van der Waals surface area (Å²) in [7, 11) is 0. The Morgan fingerprint density at radius 1 is 0.964 bits per heavy atom. The number of benzene rings is 2. The molecule has 2 aromatic carbocycles. The molecule has 0 aliphatic heterocycles. The normalized spacial score (nSPS) is 10.9. The molecule has 0 radical (unpaired) electrons. The van der Waals surface area contributed by atoms with Gasteiger partial charge >= 0.3 is 5.76 Å². The topological polar surface area (TPSA) is 130 Å². The predicted molar refractivity (Wildman–Crippen MR) is 91.6 cm³/mol. The highest BCUT2D eigenvalue weighted by molar-refractivity contribution is 5.55. The van der Waals surface area contributed by atoms with Gasteiger partial charge in [-0.05, 0) is 36.4 Å². The zero-order valence-corrected chi connectivity index (χ0v) is 14.0. The van der Waals surface area contributed by atoms with Crippen LogP contribution in [0.25, 0.3) is 22.9 Å². The molecule has 2 aromatic heterocycles. The fourth-order valence-corrected chi connectivity index (χ4v) is 2.40. The van der Waals surface area contributed by atoms with E-state index in [2.05, 4.69) is 15.3 Å². The van der Waals surface area contributed by atoms with Crippen molar-refractivity contribution in [1.29, 1.82) is 0 Å². The van der Waals surface area contributed by atoms with Crippen LogP contribution in [0.4, 0.5) is 10.1 Å². The van der Waals surface area contributed by atoms with Crippen molar-refractivity contribution in [3.05, 3.63) is 80.9 Å². The van der Waals surface area contributed by atoms with Gasteiger partial charge < -0.3 is 8.83 Å². The van der Waals surface area contributed by atoms with Crippen LogP contribution in [0.1, 0.15) is 5.89 Å². The van der Waals surface area contributed by atoms with Gasteiger partial charge in [-0.15, -0.1) is 15.3 Å². The SMILES string of the molecule is O=c1oc(-c2ccc(F)cc2)nn1Cc1nnc(-c2ccc([N+](=O)[O-])cc2)o1. The maximum absolute atomic E-state index is 13.0. The second-order valence-electron chi connectivity index (χ2n) is 5.64. The van der Waals surface area contributed by atoms with Gasteiger partial charge in [0.2, 0.25) is 17.7 Å². The number of hydrogen-bond donors (Lipinski definition) is 0. The molecule has 0 N–H and O–H groups in total. The number of halogens is 1. The van der Waals surface area contributed by atoms with Crippen molar-refractivity contribution in [1.82, 2.24) is 20.0 Å². The van der Waals surface area contributed by atoms with E-state index in [-0.39, 0.29) is 29.9 Å². The van der Waals surface area contributed by atoms with E-state index in [1.165, 1.54) is 48.5 Å². The van der Waals surface area contributed by atoms with E-state index in [0.29, 0.717) is 11.1 Å². The lowest BCUT2D eigenvalue weighted by molar-refractivity contribution is -0.384. The van der Waals surface area contributed by atoms with Crippen LogP contribution in [0.3, 0.4) is 0 Å². The van der Waals surface area contributed by atoms with Gasteiger partial charge in [-0.1, -0.05) is 0 Å². The number of aromatic nitrogens is 4. The van der Waals surface area contributed by atoms with Crippen LogP contribution in [0.2, 0.25) is 0 Å². The van der Waals surface area contributed by atoms with Crippen LogP contribution in [0, 0.1) is 15.9 Å². The molecule has 0 atom stereocenters. The third-order valence-corrected chi connectivity index (χ3v) is 3.77. The molecular weight excluding hydrogens is 373 g/mol. The number of nitro benzene ring substituents is 1. The maximum Gasteiger partial charge on any atom is 0.437 e. The lowest BCUT2D eigenvalue weighted by Gasteiger charge is -1.95. The van der Waals surface area contributed by atoms with Crippen molar-refractivity contribution in [3.63, 3.8) is 0 Å². The molecule has 0 bridgehead atoms. The quantitative estimate of drug-likeness (QED) is 0.380. The number of nitro groups is 1. The molecule has 2 heterocycles. The first-order valence-electron chi connectivity index (χ1n) is 7.91. The molecule has 0 saturated heterocycles. The van der Waals surface area contributed by atoms with E-state index in [0.717, 1.165) is 4.68 Å². The van der Waals surface area contributed by atoms with E-state index < -0.39 is 16.5 Å². The van der Waals surface area contributed by atoms with Crippen molar-refractivity contribution in [2.75, 3.05) is 0 Å². The molecule has 0 spiro atoms. The summed E-state index contributed by atoms with van der Waals surface area (Å²) in [6, 6.07) is 10.9. The summed E-state index contributed by atoms with van der Waals surface area (Å²) in [5, 5.41) is 22.4. The van der Waals surface area contributed by atoms with E-state index in [9.17, 15) is 19.3 Å². The summed E-state index contributed by atoms with van der Waals surface area (Å²) >= 11 is 0. The Kier molecular flexibility index (Phi) is 4.24. The van der Waals surface area contributed by atoms with Crippen molar-refractivity contribution < 1.29 is 18.1 Å². The van der Waals surface area contributed by atoms with Crippen LogP contribution in [0.5, 0.6) is 0 Å². The summed E-state index contributed by atoms with van der Waals surface area (Å²) < 4.78 is 24.5. The Morgan fingerprint density at radius 2 is 1.61 bits per heavy atom. The van der Waals surface area contributed by atoms with E-state index in [1.807, 2.05) is 0 Å². The van der Waals surface area contributed by atoms with Crippen LogP contribution in [0.15, 0.2) is 62.2 Å². The van der Waals surface area contributed by atoms with Crippen LogP contribution in [-0.2, 0) is 6.54 Å². The van der Waals surface area contributed by atoms with Gasteiger partial charge in [0, 0.05) is 23.3 Å². The second-order valence-corrected chi connectivity index (χ2v) is 5.64. The molecule has 0 fully saturated rings. The maximum atomic E-state index is 13.0. The molecule has 4 aromatic rings. The standard InChI is InChI=1S/C17H10FN5O5/c18-12-5-1-11(2-6-12)16-21-22(17(24)28-16)9-14-19-20-15(27-14)10-3-7-13(8-4-10)23(25)26/h1-8H,9H2. The first-order chi connectivity index (χ1) is 13.5. The third kappa shape index (κ3) is 3.40. The van der Waals surface area contributed by atoms with Crippen LogP contribution >= 0.6 is 0 Å². The Hall–Kier alpha value is -4.15. The Labute approximate surface area is 155 Å². The van der Waals surface area contributed by atoms with E-state index >= 15 is 0 Å². The van der Waals surface area contributed by atoms with Gasteiger partial charge in [0.05, 0.1) is 4.92 Å². The average molecular weight is 383 g/mol. The van der Waals surface area contributed by atoms with Gasteiger partial charge in [-0.25, -0.2) is 9.18 Å². The van der Waals surface area contributed by atoms with Crippen molar-refractivity contribution in [2.24, 2.45) is 0 Å². The highest BCUT2D eigenvalue weighted by Gasteiger charge is 2.15. The number of rotatable bonds is 5. The molecule has 140 valence electrons. The van der Waals surface area contributed by atoms with Crippen molar-refractivity contribution in [2.45, 2.75) is 6.54 Å². The predicted octanol–water partition coefficient (Wildman–Crippen LogP) is 2.65. The molecule has 0 unspecified atom stereocenters. The van der Waals surface area contributed by atoms with E-state index in [1.54, 1.807) is 0 Å². The molecule has 10 nitrogen and oxygen atoms in total. The highest BCUT2D eigenvalue weighted by Crippen LogP contribution is 2.21. The molecule has 0 saturated carbocycles. The van der Waals surface area contributed by atoms with Crippen molar-refractivity contribution >= 4 is 5.69 Å². The average Bonchev–Trinajstić information content (AvgIpc) is 3.30.